The van der Waals surface area contributed by atoms with E-state index in [-0.39, 0.29) is 5.82 Å². The highest BCUT2D eigenvalue weighted by molar-refractivity contribution is 5.44. The minimum absolute atomic E-state index is 0.234. The van der Waals surface area contributed by atoms with E-state index in [1.165, 1.54) is 6.07 Å². The Morgan fingerprint density at radius 2 is 1.83 bits per heavy atom. The monoisotopic (exact) mass is 254 g/mol. The van der Waals surface area contributed by atoms with Gasteiger partial charge in [0.15, 0.2) is 11.5 Å². The average Bonchev–Trinajstić information content (AvgIpc) is 3.15. The van der Waals surface area contributed by atoms with Gasteiger partial charge in [0.25, 0.3) is 0 Å². The predicted molar refractivity (Wildman–Crippen MR) is 66.8 cm³/mol. The first kappa shape index (κ1) is 13.1. The maximum atomic E-state index is 13.9. The number of aryl methyl sites for hydroxylation is 1. The molecule has 1 aliphatic rings. The summed E-state index contributed by atoms with van der Waals surface area (Å²) in [4.78, 5) is 0. The molecule has 3 nitrogen and oxygen atoms in total. The fourth-order valence-corrected chi connectivity index (χ4v) is 1.86. The maximum absolute atomic E-state index is 13.9. The molecule has 0 spiro atoms. The van der Waals surface area contributed by atoms with Gasteiger partial charge in [0, 0.05) is 6.07 Å². The van der Waals surface area contributed by atoms with Crippen molar-refractivity contribution >= 4 is 0 Å². The molecule has 1 fully saturated rings. The SMILES string of the molecule is CCOc1cc(F)c(CCC2CO2)cc1OCC. The molecule has 1 atom stereocenters. The summed E-state index contributed by atoms with van der Waals surface area (Å²) in [6, 6.07) is 3.16. The minimum Gasteiger partial charge on any atom is -0.490 e. The van der Waals surface area contributed by atoms with Crippen LogP contribution in [-0.2, 0) is 11.2 Å². The van der Waals surface area contributed by atoms with Gasteiger partial charge >= 0.3 is 0 Å². The molecular formula is C14H19FO3. The highest BCUT2D eigenvalue weighted by Gasteiger charge is 2.23. The molecule has 1 aliphatic heterocycles. The zero-order chi connectivity index (χ0) is 13.0. The molecule has 4 heteroatoms. The Labute approximate surface area is 107 Å². The number of rotatable bonds is 7. The molecule has 100 valence electrons. The molecule has 0 aromatic heterocycles. The highest BCUT2D eigenvalue weighted by atomic mass is 19.1. The molecule has 0 radical (unpaired) electrons. The third-order valence-electron chi connectivity index (χ3n) is 2.85. The van der Waals surface area contributed by atoms with Crippen molar-refractivity contribution in [1.29, 1.82) is 0 Å². The van der Waals surface area contributed by atoms with Crippen LogP contribution in [0, 0.1) is 5.82 Å². The molecule has 1 heterocycles. The number of hydrogen-bond donors (Lipinski definition) is 0. The molecule has 1 aromatic carbocycles. The molecule has 1 saturated heterocycles. The van der Waals surface area contributed by atoms with Crippen LogP contribution in [0.3, 0.4) is 0 Å². The summed E-state index contributed by atoms with van der Waals surface area (Å²) in [5.74, 6) is 0.860. The van der Waals surface area contributed by atoms with Crippen molar-refractivity contribution in [1.82, 2.24) is 0 Å². The van der Waals surface area contributed by atoms with Gasteiger partial charge in [0.05, 0.1) is 25.9 Å². The Morgan fingerprint density at radius 3 is 2.39 bits per heavy atom. The smallest absolute Gasteiger partial charge is 0.164 e. The van der Waals surface area contributed by atoms with E-state index in [1.54, 1.807) is 6.07 Å². The zero-order valence-electron chi connectivity index (χ0n) is 10.9. The second kappa shape index (κ2) is 6.05. The molecule has 18 heavy (non-hydrogen) atoms. The molecule has 1 unspecified atom stereocenters. The van der Waals surface area contributed by atoms with Gasteiger partial charge in [-0.15, -0.1) is 0 Å². The second-order valence-electron chi connectivity index (χ2n) is 4.25. The number of benzene rings is 1. The average molecular weight is 254 g/mol. The summed E-state index contributed by atoms with van der Waals surface area (Å²) in [5, 5.41) is 0. The quantitative estimate of drug-likeness (QED) is 0.701. The summed E-state index contributed by atoms with van der Waals surface area (Å²) >= 11 is 0. The predicted octanol–water partition coefficient (Wildman–Crippen LogP) is 2.95. The van der Waals surface area contributed by atoms with Crippen LogP contribution >= 0.6 is 0 Å². The minimum atomic E-state index is -0.234. The third-order valence-corrected chi connectivity index (χ3v) is 2.85. The van der Waals surface area contributed by atoms with E-state index < -0.39 is 0 Å². The van der Waals surface area contributed by atoms with Gasteiger partial charge in [0.1, 0.15) is 5.82 Å². The van der Waals surface area contributed by atoms with Crippen LogP contribution in [0.2, 0.25) is 0 Å². The van der Waals surface area contributed by atoms with Crippen LogP contribution in [0.15, 0.2) is 12.1 Å². The maximum Gasteiger partial charge on any atom is 0.164 e. The van der Waals surface area contributed by atoms with Crippen molar-refractivity contribution < 1.29 is 18.6 Å². The lowest BCUT2D eigenvalue weighted by Gasteiger charge is -2.13. The zero-order valence-corrected chi connectivity index (χ0v) is 10.9. The normalized spacial score (nSPS) is 17.6. The van der Waals surface area contributed by atoms with E-state index in [9.17, 15) is 4.39 Å². The van der Waals surface area contributed by atoms with E-state index in [4.69, 9.17) is 14.2 Å². The van der Waals surface area contributed by atoms with Crippen molar-refractivity contribution in [3.05, 3.63) is 23.5 Å². The molecule has 0 N–H and O–H groups in total. The second-order valence-corrected chi connectivity index (χ2v) is 4.25. The van der Waals surface area contributed by atoms with Crippen LogP contribution < -0.4 is 9.47 Å². The lowest BCUT2D eigenvalue weighted by atomic mass is 10.1. The Morgan fingerprint density at radius 1 is 1.22 bits per heavy atom. The van der Waals surface area contributed by atoms with Crippen molar-refractivity contribution in [2.75, 3.05) is 19.8 Å². The standard InChI is InChI=1S/C14H19FO3/c1-3-16-13-7-10(5-6-11-9-18-11)12(15)8-14(13)17-4-2/h7-8,11H,3-6,9H2,1-2H3. The van der Waals surface area contributed by atoms with E-state index >= 15 is 0 Å². The van der Waals surface area contributed by atoms with E-state index in [1.807, 2.05) is 13.8 Å². The van der Waals surface area contributed by atoms with Crippen molar-refractivity contribution in [3.63, 3.8) is 0 Å². The summed E-state index contributed by atoms with van der Waals surface area (Å²) in [7, 11) is 0. The molecule has 1 aromatic rings. The van der Waals surface area contributed by atoms with Crippen LogP contribution in [0.25, 0.3) is 0 Å². The third kappa shape index (κ3) is 3.35. The molecule has 0 bridgehead atoms. The van der Waals surface area contributed by atoms with Crippen LogP contribution in [0.4, 0.5) is 4.39 Å². The first-order valence-electron chi connectivity index (χ1n) is 6.44. The molecule has 2 rings (SSSR count). The topological polar surface area (TPSA) is 31.0 Å². The Balaban J connectivity index is 2.14. The van der Waals surface area contributed by atoms with Crippen molar-refractivity contribution in [2.45, 2.75) is 32.8 Å². The van der Waals surface area contributed by atoms with E-state index in [0.717, 1.165) is 13.0 Å². The van der Waals surface area contributed by atoms with Crippen LogP contribution in [-0.4, -0.2) is 25.9 Å². The lowest BCUT2D eigenvalue weighted by molar-refractivity contribution is 0.285. The lowest BCUT2D eigenvalue weighted by Crippen LogP contribution is -2.02. The van der Waals surface area contributed by atoms with Gasteiger partial charge in [-0.05, 0) is 38.3 Å². The van der Waals surface area contributed by atoms with Crippen molar-refractivity contribution in [3.8, 4) is 11.5 Å². The number of ether oxygens (including phenoxy) is 3. The van der Waals surface area contributed by atoms with Gasteiger partial charge in [-0.25, -0.2) is 4.39 Å². The van der Waals surface area contributed by atoms with Gasteiger partial charge < -0.3 is 14.2 Å². The number of halogens is 1. The Kier molecular flexibility index (Phi) is 4.42. The van der Waals surface area contributed by atoms with Gasteiger partial charge in [0.2, 0.25) is 0 Å². The first-order chi connectivity index (χ1) is 8.74. The number of hydrogen-bond acceptors (Lipinski definition) is 3. The van der Waals surface area contributed by atoms with Gasteiger partial charge in [-0.2, -0.15) is 0 Å². The van der Waals surface area contributed by atoms with E-state index in [0.29, 0.717) is 42.8 Å². The fraction of sp³-hybridized carbons (Fsp3) is 0.571. The van der Waals surface area contributed by atoms with Crippen LogP contribution in [0.1, 0.15) is 25.8 Å². The Hall–Kier alpha value is -1.29. The van der Waals surface area contributed by atoms with E-state index in [2.05, 4.69) is 0 Å². The number of epoxide rings is 1. The summed E-state index contributed by atoms with van der Waals surface area (Å²) < 4.78 is 29.9. The van der Waals surface area contributed by atoms with Gasteiger partial charge in [-0.3, -0.25) is 0 Å². The molecular weight excluding hydrogens is 235 g/mol. The van der Waals surface area contributed by atoms with Crippen molar-refractivity contribution in [2.24, 2.45) is 0 Å². The Bertz CT molecular complexity index is 402. The summed E-state index contributed by atoms with van der Waals surface area (Å²) in [6.07, 6.45) is 1.84. The molecule has 0 aliphatic carbocycles. The summed E-state index contributed by atoms with van der Waals surface area (Å²) in [6.45, 7) is 5.60. The largest absolute Gasteiger partial charge is 0.490 e. The van der Waals surface area contributed by atoms with Crippen LogP contribution in [0.5, 0.6) is 11.5 Å². The first-order valence-corrected chi connectivity index (χ1v) is 6.44. The molecule has 0 saturated carbocycles. The fourth-order valence-electron chi connectivity index (χ4n) is 1.86. The van der Waals surface area contributed by atoms with Gasteiger partial charge in [-0.1, -0.05) is 0 Å². The summed E-state index contributed by atoms with van der Waals surface area (Å²) in [5.41, 5.74) is 0.664. The highest BCUT2D eigenvalue weighted by Crippen LogP contribution is 2.31. The molecule has 0 amide bonds.